The smallest absolute Gasteiger partial charge is 0.454 e. The van der Waals surface area contributed by atoms with E-state index in [1.165, 1.54) is 12.8 Å². The van der Waals surface area contributed by atoms with Gasteiger partial charge >= 0.3 is 7.12 Å². The summed E-state index contributed by atoms with van der Waals surface area (Å²) in [7, 11) is -1.04. The molecule has 9 aromatic rings. The fraction of sp³-hybridized carbons (Fsp3) is 0.250. The molecule has 6 aromatic heterocycles. The van der Waals surface area contributed by atoms with E-state index >= 15 is 0 Å². The van der Waals surface area contributed by atoms with Gasteiger partial charge in [-0.25, -0.2) is 15.0 Å². The lowest BCUT2D eigenvalue weighted by Gasteiger charge is -2.26. The number of nitrogens with zero attached hydrogens (tertiary/aromatic N) is 11. The number of amides is 3. The van der Waals surface area contributed by atoms with Crippen molar-refractivity contribution >= 4 is 84.3 Å². The van der Waals surface area contributed by atoms with Gasteiger partial charge in [-0.15, -0.1) is 15.3 Å². The summed E-state index contributed by atoms with van der Waals surface area (Å²) >= 11 is 9.78. The van der Waals surface area contributed by atoms with Gasteiger partial charge in [-0.2, -0.15) is 0 Å². The number of carbonyl (C=O) groups excluding carboxylic acids is 3. The zero-order valence-electron chi connectivity index (χ0n) is 45.4. The highest BCUT2D eigenvalue weighted by Crippen LogP contribution is 2.40. The molecule has 0 bridgehead atoms. The molecule has 430 valence electrons. The van der Waals surface area contributed by atoms with E-state index in [1.54, 1.807) is 42.0 Å². The lowest BCUT2D eigenvalue weighted by Crippen LogP contribution is -2.41. The Labute approximate surface area is 510 Å². The van der Waals surface area contributed by atoms with Crippen molar-refractivity contribution in [2.45, 2.75) is 76.9 Å². The molecule has 3 amide bonds. The molecule has 0 atom stereocenters. The van der Waals surface area contributed by atoms with E-state index in [2.05, 4.69) is 84.4 Å². The fourth-order valence-electron chi connectivity index (χ4n) is 8.82. The van der Waals surface area contributed by atoms with E-state index in [1.807, 2.05) is 140 Å². The van der Waals surface area contributed by atoms with Gasteiger partial charge in [0.25, 0.3) is 17.7 Å². The van der Waals surface area contributed by atoms with Crippen molar-refractivity contribution in [2.24, 2.45) is 0 Å². The van der Waals surface area contributed by atoms with Crippen molar-refractivity contribution in [2.75, 3.05) is 29.4 Å². The summed E-state index contributed by atoms with van der Waals surface area (Å²) in [5.74, 6) is 3.25. The van der Waals surface area contributed by atoms with Gasteiger partial charge in [-0.05, 0) is 120 Å². The van der Waals surface area contributed by atoms with Crippen molar-refractivity contribution in [1.82, 2.24) is 49.6 Å². The molecule has 9 heterocycles. The van der Waals surface area contributed by atoms with Crippen LogP contribution in [0.25, 0.3) is 0 Å². The minimum absolute atomic E-state index is 0.0799. The van der Waals surface area contributed by atoms with Gasteiger partial charge in [0.2, 0.25) is 17.6 Å². The lowest BCUT2D eigenvalue weighted by atomic mass is 9.84. The predicted octanol–water partition coefficient (Wildman–Crippen LogP) is 10.1. The number of aromatic nitrogens is 9. The number of ether oxygens (including phenoxy) is 3. The summed E-state index contributed by atoms with van der Waals surface area (Å²) < 4.78 is 24.6. The van der Waals surface area contributed by atoms with E-state index in [-0.39, 0.29) is 23.5 Å². The first-order valence-corrected chi connectivity index (χ1v) is 29.7. The highest BCUT2D eigenvalue weighted by Gasteiger charge is 2.34. The molecule has 3 aliphatic heterocycles. The number of benzene rings is 3. The molecule has 14 rings (SSSR count). The summed E-state index contributed by atoms with van der Waals surface area (Å²) in [5, 5.41) is 32.3. The minimum Gasteiger partial charge on any atom is -0.472 e. The molecule has 0 saturated heterocycles. The summed E-state index contributed by atoms with van der Waals surface area (Å²) in [6.45, 7) is 4.93. The van der Waals surface area contributed by atoms with Crippen LogP contribution in [0.4, 0.5) is 11.6 Å². The molecule has 20 nitrogen and oxygen atoms in total. The van der Waals surface area contributed by atoms with Gasteiger partial charge in [-0.1, -0.05) is 122 Å². The van der Waals surface area contributed by atoms with Crippen molar-refractivity contribution in [3.8, 4) is 17.6 Å². The van der Waals surface area contributed by atoms with Crippen molar-refractivity contribution in [1.29, 1.82) is 0 Å². The zero-order valence-corrected chi connectivity index (χ0v) is 50.2. The lowest BCUT2D eigenvalue weighted by molar-refractivity contribution is 0.0921. The van der Waals surface area contributed by atoms with E-state index in [9.17, 15) is 14.4 Å². The second-order valence-electron chi connectivity index (χ2n) is 19.8. The molecule has 2 fully saturated rings. The number of nitrogens with one attached hydrogen (secondary N) is 1. The maximum atomic E-state index is 13.0. The Morgan fingerprint density at radius 3 is 1.29 bits per heavy atom. The third-order valence-corrected chi connectivity index (χ3v) is 14.9. The Hall–Kier alpha value is -8.03. The fourth-order valence-corrected chi connectivity index (χ4v) is 10.1. The minimum atomic E-state index is -1.04. The predicted molar refractivity (Wildman–Crippen MR) is 326 cm³/mol. The zero-order chi connectivity index (χ0) is 58.4. The van der Waals surface area contributed by atoms with Crippen LogP contribution in [0, 0.1) is 0 Å². The molecule has 2 aliphatic carbocycles. The van der Waals surface area contributed by atoms with Gasteiger partial charge in [0.1, 0.15) is 62.3 Å². The number of pyridine rings is 3. The molecule has 5 aliphatic rings. The molecule has 0 spiro atoms. The molecule has 24 heteroatoms. The number of fused-ring (bicyclic) bond motifs is 3. The Morgan fingerprint density at radius 1 is 0.476 bits per heavy atom. The Bertz CT molecular complexity index is 3650. The van der Waals surface area contributed by atoms with E-state index in [0.29, 0.717) is 110 Å². The summed E-state index contributed by atoms with van der Waals surface area (Å²) in [5.41, 5.74) is 5.90. The van der Waals surface area contributed by atoms with Gasteiger partial charge < -0.3 is 29.6 Å². The van der Waals surface area contributed by atoms with Crippen molar-refractivity contribution in [3.05, 3.63) is 217 Å². The number of anilines is 2. The van der Waals surface area contributed by atoms with Crippen LogP contribution in [0.15, 0.2) is 178 Å². The summed E-state index contributed by atoms with van der Waals surface area (Å²) in [6, 6.07) is 51.9. The van der Waals surface area contributed by atoms with E-state index < -0.39 is 7.12 Å². The number of hydrogen-bond acceptors (Lipinski definition) is 14. The Balaban J connectivity index is 0.000000127. The highest BCUT2D eigenvalue weighted by molar-refractivity contribution is 9.11. The number of halogens is 3. The summed E-state index contributed by atoms with van der Waals surface area (Å²) in [4.78, 5) is 53.8. The second kappa shape index (κ2) is 28.5. The molecule has 2 saturated carbocycles. The Morgan fingerprint density at radius 2 is 0.893 bits per heavy atom. The van der Waals surface area contributed by atoms with Crippen LogP contribution in [0.3, 0.4) is 0 Å². The number of hydrogen-bond donors (Lipinski definition) is 3. The van der Waals surface area contributed by atoms with Crippen LogP contribution >= 0.6 is 47.8 Å². The molecule has 0 radical (unpaired) electrons. The van der Waals surface area contributed by atoms with Gasteiger partial charge in [0, 0.05) is 49.4 Å². The molecule has 3 N–H and O–H groups in total. The molecular weight excluding hydrogens is 1270 g/mol. The second-order valence-corrected chi connectivity index (χ2v) is 22.3. The third-order valence-electron chi connectivity index (χ3n) is 13.5. The topological polar surface area (TPSA) is 230 Å². The average Bonchev–Trinajstić information content (AvgIpc) is 4.31. The molecule has 0 unspecified atom stereocenters. The third kappa shape index (κ3) is 16.4. The van der Waals surface area contributed by atoms with E-state index in [4.69, 9.17) is 29.2 Å². The monoisotopic (exact) mass is 1320 g/mol. The maximum Gasteiger partial charge on any atom is 0.454 e. The van der Waals surface area contributed by atoms with Crippen LogP contribution in [0.2, 0.25) is 5.82 Å². The first-order valence-electron chi connectivity index (χ1n) is 27.3. The molecule has 84 heavy (non-hydrogen) atoms. The normalized spacial score (nSPS) is 14.7. The molecule has 3 aromatic carbocycles. The van der Waals surface area contributed by atoms with Crippen LogP contribution in [0.1, 0.15) is 85.5 Å². The van der Waals surface area contributed by atoms with Crippen molar-refractivity contribution in [3.63, 3.8) is 0 Å². The standard InChI is InChI=1S/C21H20N4O2.C18H15BrN4O2.C13H13N3O2.C5H3Br2N.C3H7BO2/c26-21-18-13-20(27-14-15-5-2-1-3-6-15)23-25(18)12-11-24(21)19-8-4-7-17(22-19)16-9-10-16;19-15-7-4-8-16(20-15)22-9-10-23-14(18(22)24)11-17(21-23)25-12-13-5-2-1-3-6-13;17-13-11-8-12(15-16(11)7-6-14-13)18-9-10-4-2-1-3-5-10;6-4-2-1-3-5(7)8-4;5-4(6)3-1-2-3/h1-8,13,16H,9-12,14H2;1-8,11H,9-10,12H2;1-5,8H,6-7,9H2,(H,14,17);1-3H;3,5-6H,1-2H2. The SMILES string of the molecule is Brc1cccc(Br)n1.O=C1NCCn2nc(OCc3ccccc3)cc21.O=C1c2cc(OCc3ccccc3)nn2CCN1c1cccc(Br)n1.O=C1c2cc(OCc3ccccc3)nn2CCN1c1cccc(C2CC2)n1.OB(O)C1CC1. The number of rotatable bonds is 13. The quantitative estimate of drug-likeness (QED) is 0.0721. The highest BCUT2D eigenvalue weighted by atomic mass is 79.9. The van der Waals surface area contributed by atoms with Crippen molar-refractivity contribution < 1.29 is 38.6 Å². The van der Waals surface area contributed by atoms with Gasteiger partial charge in [-0.3, -0.25) is 38.2 Å². The molecular formula is C60H58BBr3N12O8. The van der Waals surface area contributed by atoms with Crippen LogP contribution < -0.4 is 29.3 Å². The van der Waals surface area contributed by atoms with Crippen LogP contribution in [-0.4, -0.2) is 98.8 Å². The largest absolute Gasteiger partial charge is 0.472 e. The van der Waals surface area contributed by atoms with Gasteiger partial charge in [0.15, 0.2) is 0 Å². The maximum absolute atomic E-state index is 13.0. The summed E-state index contributed by atoms with van der Waals surface area (Å²) in [6.07, 6.45) is 4.38. The van der Waals surface area contributed by atoms with Crippen LogP contribution in [0.5, 0.6) is 17.6 Å². The average molecular weight is 1330 g/mol. The Kier molecular flexibility index (Phi) is 20.1. The van der Waals surface area contributed by atoms with Gasteiger partial charge in [0.05, 0.1) is 19.6 Å². The first-order chi connectivity index (χ1) is 40.9. The number of carbonyl (C=O) groups is 3. The van der Waals surface area contributed by atoms with Crippen LogP contribution in [-0.2, 0) is 39.5 Å². The van der Waals surface area contributed by atoms with E-state index in [0.717, 1.165) is 50.3 Å². The first kappa shape index (κ1) is 59.1.